The summed E-state index contributed by atoms with van der Waals surface area (Å²) in [7, 11) is 0. The SMILES string of the molecule is O=C1C(=Cc2cccc(F)c2)Oc2c1ccc1c2CN(C2CC2)CO1. The van der Waals surface area contributed by atoms with Crippen molar-refractivity contribution in [3.8, 4) is 11.5 Å². The van der Waals surface area contributed by atoms with Gasteiger partial charge in [0.25, 0.3) is 0 Å². The lowest BCUT2D eigenvalue weighted by atomic mass is 10.0. The predicted octanol–water partition coefficient (Wildman–Crippen LogP) is 3.76. The largest absolute Gasteiger partial charge is 0.478 e. The zero-order valence-corrected chi connectivity index (χ0v) is 13.5. The third-order valence-corrected chi connectivity index (χ3v) is 4.85. The number of Topliss-reactive ketones (excluding diaryl/α,β-unsaturated/α-hetero) is 1. The molecule has 2 aromatic carbocycles. The lowest BCUT2D eigenvalue weighted by molar-refractivity contribution is 0.0868. The van der Waals surface area contributed by atoms with Crippen molar-refractivity contribution >= 4 is 11.9 Å². The third kappa shape index (κ3) is 2.51. The third-order valence-electron chi connectivity index (χ3n) is 4.85. The summed E-state index contributed by atoms with van der Waals surface area (Å²) in [5.74, 6) is 1.05. The van der Waals surface area contributed by atoms with E-state index in [0.29, 0.717) is 29.6 Å². The minimum absolute atomic E-state index is 0.175. The fourth-order valence-corrected chi connectivity index (χ4v) is 3.40. The molecule has 5 heteroatoms. The van der Waals surface area contributed by atoms with Crippen molar-refractivity contribution in [1.29, 1.82) is 0 Å². The highest BCUT2D eigenvalue weighted by Gasteiger charge is 2.37. The maximum Gasteiger partial charge on any atom is 0.231 e. The van der Waals surface area contributed by atoms with Crippen LogP contribution >= 0.6 is 0 Å². The van der Waals surface area contributed by atoms with Gasteiger partial charge in [-0.3, -0.25) is 9.69 Å². The van der Waals surface area contributed by atoms with E-state index in [9.17, 15) is 9.18 Å². The van der Waals surface area contributed by atoms with E-state index in [1.807, 2.05) is 6.07 Å². The van der Waals surface area contributed by atoms with E-state index in [4.69, 9.17) is 9.47 Å². The zero-order valence-electron chi connectivity index (χ0n) is 13.5. The van der Waals surface area contributed by atoms with Gasteiger partial charge < -0.3 is 9.47 Å². The summed E-state index contributed by atoms with van der Waals surface area (Å²) in [4.78, 5) is 14.9. The number of carbonyl (C=O) groups excluding carboxylic acids is 1. The fraction of sp³-hybridized carbons (Fsp3) is 0.250. The Balaban J connectivity index is 1.51. The zero-order chi connectivity index (χ0) is 17.0. The minimum atomic E-state index is -0.344. The summed E-state index contributed by atoms with van der Waals surface area (Å²) < 4.78 is 25.1. The summed E-state index contributed by atoms with van der Waals surface area (Å²) in [6, 6.07) is 10.2. The Bertz CT molecular complexity index is 917. The fourth-order valence-electron chi connectivity index (χ4n) is 3.40. The number of hydrogen-bond acceptors (Lipinski definition) is 4. The standard InChI is InChI=1S/C20H16FNO3/c21-13-3-1-2-12(8-13)9-18-19(23)15-6-7-17-16(20(15)25-18)10-22(11-24-17)14-4-5-14/h1-3,6-9,14H,4-5,10-11H2. The van der Waals surface area contributed by atoms with Crippen molar-refractivity contribution in [2.75, 3.05) is 6.73 Å². The van der Waals surface area contributed by atoms with Gasteiger partial charge in [-0.15, -0.1) is 0 Å². The number of fused-ring (bicyclic) bond motifs is 3. The summed E-state index contributed by atoms with van der Waals surface area (Å²) in [5, 5.41) is 0. The highest BCUT2D eigenvalue weighted by Crippen LogP contribution is 2.43. The first-order chi connectivity index (χ1) is 12.2. The first-order valence-electron chi connectivity index (χ1n) is 8.41. The average molecular weight is 337 g/mol. The molecule has 126 valence electrons. The molecule has 1 aliphatic carbocycles. The van der Waals surface area contributed by atoms with Gasteiger partial charge in [0.2, 0.25) is 5.78 Å². The van der Waals surface area contributed by atoms with Gasteiger partial charge in [-0.05, 0) is 48.7 Å². The number of ketones is 1. The van der Waals surface area contributed by atoms with E-state index in [2.05, 4.69) is 4.90 Å². The molecule has 0 atom stereocenters. The molecule has 0 unspecified atom stereocenters. The molecule has 2 aliphatic heterocycles. The van der Waals surface area contributed by atoms with E-state index in [0.717, 1.165) is 17.9 Å². The number of allylic oxidation sites excluding steroid dienone is 1. The van der Waals surface area contributed by atoms with Crippen molar-refractivity contribution < 1.29 is 18.7 Å². The van der Waals surface area contributed by atoms with Gasteiger partial charge in [0.15, 0.2) is 5.76 Å². The van der Waals surface area contributed by atoms with Crippen molar-refractivity contribution in [3.05, 3.63) is 64.7 Å². The van der Waals surface area contributed by atoms with E-state index in [-0.39, 0.29) is 17.4 Å². The van der Waals surface area contributed by atoms with Gasteiger partial charge in [-0.1, -0.05) is 12.1 Å². The highest BCUT2D eigenvalue weighted by atomic mass is 19.1. The lowest BCUT2D eigenvalue weighted by Crippen LogP contribution is -2.33. The van der Waals surface area contributed by atoms with Crippen LogP contribution in [0, 0.1) is 5.82 Å². The second-order valence-electron chi connectivity index (χ2n) is 6.67. The van der Waals surface area contributed by atoms with Gasteiger partial charge >= 0.3 is 0 Å². The lowest BCUT2D eigenvalue weighted by Gasteiger charge is -2.29. The first kappa shape index (κ1) is 14.7. The Hall–Kier alpha value is -2.66. The van der Waals surface area contributed by atoms with Gasteiger partial charge in [-0.25, -0.2) is 4.39 Å². The van der Waals surface area contributed by atoms with Crippen LogP contribution in [0.25, 0.3) is 6.08 Å². The molecule has 0 bridgehead atoms. The maximum absolute atomic E-state index is 13.4. The number of ether oxygens (including phenoxy) is 2. The number of carbonyl (C=O) groups is 1. The molecule has 0 aromatic heterocycles. The maximum atomic E-state index is 13.4. The molecule has 0 saturated heterocycles. The summed E-state index contributed by atoms with van der Waals surface area (Å²) in [5.41, 5.74) is 2.06. The monoisotopic (exact) mass is 337 g/mol. The molecule has 4 nitrogen and oxygen atoms in total. The molecule has 0 spiro atoms. The molecule has 0 amide bonds. The van der Waals surface area contributed by atoms with Crippen LogP contribution in [-0.2, 0) is 6.54 Å². The number of halogens is 1. The number of rotatable bonds is 2. The molecule has 25 heavy (non-hydrogen) atoms. The van der Waals surface area contributed by atoms with Gasteiger partial charge in [0, 0.05) is 12.6 Å². The van der Waals surface area contributed by atoms with Crippen LogP contribution in [0.15, 0.2) is 42.2 Å². The molecule has 1 fully saturated rings. The Morgan fingerprint density at radius 1 is 1.20 bits per heavy atom. The number of hydrogen-bond donors (Lipinski definition) is 0. The number of benzene rings is 2. The van der Waals surface area contributed by atoms with Crippen LogP contribution in [0.4, 0.5) is 4.39 Å². The molecule has 0 N–H and O–H groups in total. The van der Waals surface area contributed by atoms with E-state index in [1.54, 1.807) is 24.3 Å². The van der Waals surface area contributed by atoms with Crippen LogP contribution < -0.4 is 9.47 Å². The Morgan fingerprint density at radius 2 is 2.08 bits per heavy atom. The first-order valence-corrected chi connectivity index (χ1v) is 8.41. The van der Waals surface area contributed by atoms with Crippen molar-refractivity contribution in [2.24, 2.45) is 0 Å². The predicted molar refractivity (Wildman–Crippen MR) is 89.8 cm³/mol. The molecule has 1 saturated carbocycles. The Morgan fingerprint density at radius 3 is 2.88 bits per heavy atom. The van der Waals surface area contributed by atoms with Crippen LogP contribution in [0.1, 0.15) is 34.3 Å². The summed E-state index contributed by atoms with van der Waals surface area (Å²) in [6.07, 6.45) is 3.97. The molecule has 2 heterocycles. The van der Waals surface area contributed by atoms with Crippen LogP contribution in [0.5, 0.6) is 11.5 Å². The second-order valence-corrected chi connectivity index (χ2v) is 6.67. The van der Waals surface area contributed by atoms with Crippen LogP contribution in [0.3, 0.4) is 0 Å². The van der Waals surface area contributed by atoms with Gasteiger partial charge in [0.05, 0.1) is 11.1 Å². The highest BCUT2D eigenvalue weighted by molar-refractivity contribution is 6.15. The molecule has 3 aliphatic rings. The molecule has 0 radical (unpaired) electrons. The van der Waals surface area contributed by atoms with Crippen molar-refractivity contribution in [1.82, 2.24) is 4.90 Å². The number of nitrogens with zero attached hydrogens (tertiary/aromatic N) is 1. The molecular weight excluding hydrogens is 321 g/mol. The normalized spacial score (nSPS) is 20.8. The summed E-state index contributed by atoms with van der Waals surface area (Å²) >= 11 is 0. The Labute approximate surface area is 144 Å². The molecular formula is C20H16FNO3. The van der Waals surface area contributed by atoms with Crippen molar-refractivity contribution in [3.63, 3.8) is 0 Å². The van der Waals surface area contributed by atoms with E-state index < -0.39 is 0 Å². The minimum Gasteiger partial charge on any atom is -0.478 e. The summed E-state index contributed by atoms with van der Waals surface area (Å²) in [6.45, 7) is 1.31. The topological polar surface area (TPSA) is 38.8 Å². The van der Waals surface area contributed by atoms with E-state index >= 15 is 0 Å². The second kappa shape index (κ2) is 5.43. The average Bonchev–Trinajstić information content (AvgIpc) is 3.41. The Kier molecular flexibility index (Phi) is 3.18. The van der Waals surface area contributed by atoms with Gasteiger partial charge in [-0.2, -0.15) is 0 Å². The van der Waals surface area contributed by atoms with Crippen LogP contribution in [-0.4, -0.2) is 23.5 Å². The quantitative estimate of drug-likeness (QED) is 0.782. The smallest absolute Gasteiger partial charge is 0.231 e. The van der Waals surface area contributed by atoms with E-state index in [1.165, 1.54) is 25.0 Å². The van der Waals surface area contributed by atoms with Crippen molar-refractivity contribution in [2.45, 2.75) is 25.4 Å². The van der Waals surface area contributed by atoms with Gasteiger partial charge in [0.1, 0.15) is 24.0 Å². The molecule has 2 aromatic rings. The molecule has 5 rings (SSSR count). The van der Waals surface area contributed by atoms with Crippen LogP contribution in [0.2, 0.25) is 0 Å².